The first-order valence-electron chi connectivity index (χ1n) is 6.94. The van der Waals surface area contributed by atoms with Crippen LogP contribution in [-0.4, -0.2) is 29.0 Å². The van der Waals surface area contributed by atoms with E-state index in [0.717, 1.165) is 24.0 Å². The molecule has 2 rings (SSSR count). The molecule has 1 aromatic rings. The topological polar surface area (TPSA) is 42.1 Å². The second-order valence-corrected chi connectivity index (χ2v) is 6.58. The van der Waals surface area contributed by atoms with Crippen molar-refractivity contribution in [2.24, 2.45) is 11.7 Å². The Kier molecular flexibility index (Phi) is 4.41. The lowest BCUT2D eigenvalue weighted by atomic mass is 9.83. The molecule has 1 heterocycles. The lowest BCUT2D eigenvalue weighted by molar-refractivity contribution is 0.0737. The van der Waals surface area contributed by atoms with E-state index in [-0.39, 0.29) is 5.54 Å². The third kappa shape index (κ3) is 2.46. The molecule has 1 aromatic heterocycles. The summed E-state index contributed by atoms with van der Waals surface area (Å²) in [5, 5.41) is 3.32. The predicted molar refractivity (Wildman–Crippen MR) is 77.7 cm³/mol. The minimum absolute atomic E-state index is 0.201. The summed E-state index contributed by atoms with van der Waals surface area (Å²) in [6, 6.07) is 0. The molecule has 2 unspecified atom stereocenters. The Morgan fingerprint density at radius 2 is 2.39 bits per heavy atom. The van der Waals surface area contributed by atoms with Gasteiger partial charge in [-0.2, -0.15) is 0 Å². The molecule has 2 N–H and O–H groups in total. The van der Waals surface area contributed by atoms with Gasteiger partial charge in [0.1, 0.15) is 0 Å². The Bertz CT molecular complexity index is 390. The molecule has 18 heavy (non-hydrogen) atoms. The second kappa shape index (κ2) is 5.68. The molecule has 0 spiro atoms. The number of thiazole rings is 1. The van der Waals surface area contributed by atoms with Crippen LogP contribution < -0.4 is 5.73 Å². The van der Waals surface area contributed by atoms with Gasteiger partial charge in [0.2, 0.25) is 0 Å². The molecule has 1 aliphatic carbocycles. The quantitative estimate of drug-likeness (QED) is 0.892. The number of rotatable bonds is 5. The number of nitrogens with two attached hydrogens (primary N) is 1. The minimum Gasteiger partial charge on any atom is -0.329 e. The van der Waals surface area contributed by atoms with Crippen LogP contribution in [0.4, 0.5) is 0 Å². The second-order valence-electron chi connectivity index (χ2n) is 5.52. The summed E-state index contributed by atoms with van der Waals surface area (Å²) in [4.78, 5) is 7.04. The Labute approximate surface area is 114 Å². The van der Waals surface area contributed by atoms with Crippen LogP contribution in [0.5, 0.6) is 0 Å². The van der Waals surface area contributed by atoms with Gasteiger partial charge in [0.05, 0.1) is 10.7 Å². The number of hydrogen-bond donors (Lipinski definition) is 1. The molecule has 1 fully saturated rings. The molecule has 0 aromatic carbocycles. The first-order valence-corrected chi connectivity index (χ1v) is 7.82. The van der Waals surface area contributed by atoms with Gasteiger partial charge >= 0.3 is 0 Å². The Morgan fingerprint density at radius 1 is 1.61 bits per heavy atom. The maximum Gasteiger partial charge on any atom is 0.0897 e. The summed E-state index contributed by atoms with van der Waals surface area (Å²) in [5.41, 5.74) is 7.53. The van der Waals surface area contributed by atoms with Crippen molar-refractivity contribution < 1.29 is 0 Å². The largest absolute Gasteiger partial charge is 0.329 e. The highest BCUT2D eigenvalue weighted by atomic mass is 32.1. The molecule has 3 nitrogen and oxygen atoms in total. The first-order chi connectivity index (χ1) is 8.62. The molecule has 0 bridgehead atoms. The van der Waals surface area contributed by atoms with E-state index in [9.17, 15) is 0 Å². The summed E-state index contributed by atoms with van der Waals surface area (Å²) in [6.07, 6.45) is 5.11. The van der Waals surface area contributed by atoms with Gasteiger partial charge in [0.15, 0.2) is 0 Å². The van der Waals surface area contributed by atoms with E-state index in [1.54, 1.807) is 11.3 Å². The molecule has 2 atom stereocenters. The van der Waals surface area contributed by atoms with Crippen LogP contribution in [0, 0.1) is 12.8 Å². The van der Waals surface area contributed by atoms with Gasteiger partial charge in [-0.25, -0.2) is 4.98 Å². The average Bonchev–Trinajstić information content (AvgIpc) is 2.95. The number of nitrogens with zero attached hydrogens (tertiary/aromatic N) is 2. The molecule has 102 valence electrons. The average molecular weight is 267 g/mol. The van der Waals surface area contributed by atoms with Gasteiger partial charge in [0, 0.05) is 24.0 Å². The third-order valence-corrected chi connectivity index (χ3v) is 5.42. The van der Waals surface area contributed by atoms with Crippen LogP contribution in [-0.2, 0) is 6.54 Å². The van der Waals surface area contributed by atoms with E-state index in [4.69, 9.17) is 5.73 Å². The molecule has 4 heteroatoms. The van der Waals surface area contributed by atoms with E-state index in [2.05, 4.69) is 36.2 Å². The van der Waals surface area contributed by atoms with Gasteiger partial charge in [0.25, 0.3) is 0 Å². The van der Waals surface area contributed by atoms with Crippen molar-refractivity contribution >= 4 is 11.3 Å². The van der Waals surface area contributed by atoms with Crippen LogP contribution >= 0.6 is 11.3 Å². The van der Waals surface area contributed by atoms with Gasteiger partial charge in [-0.15, -0.1) is 11.3 Å². The summed E-state index contributed by atoms with van der Waals surface area (Å²) in [7, 11) is 2.22. The summed E-state index contributed by atoms with van der Waals surface area (Å²) >= 11 is 1.73. The van der Waals surface area contributed by atoms with Crippen molar-refractivity contribution in [2.45, 2.75) is 51.6 Å². The van der Waals surface area contributed by atoms with Crippen LogP contribution in [0.3, 0.4) is 0 Å². The molecule has 0 aliphatic heterocycles. The Balaban J connectivity index is 2.12. The number of aryl methyl sites for hydroxylation is 1. The first kappa shape index (κ1) is 14.0. The van der Waals surface area contributed by atoms with Crippen molar-refractivity contribution in [1.82, 2.24) is 9.88 Å². The fraction of sp³-hybridized carbons (Fsp3) is 0.786. The van der Waals surface area contributed by atoms with E-state index in [1.807, 2.05) is 0 Å². The van der Waals surface area contributed by atoms with Gasteiger partial charge < -0.3 is 5.73 Å². The minimum atomic E-state index is 0.201. The molecule has 1 aliphatic rings. The number of aromatic nitrogens is 1. The molecular formula is C14H25N3S. The van der Waals surface area contributed by atoms with Crippen LogP contribution in [0.2, 0.25) is 0 Å². The Morgan fingerprint density at radius 3 is 2.94 bits per heavy atom. The highest BCUT2D eigenvalue weighted by molar-refractivity contribution is 7.09. The van der Waals surface area contributed by atoms with Gasteiger partial charge in [-0.05, 0) is 32.7 Å². The zero-order chi connectivity index (χ0) is 13.2. The van der Waals surface area contributed by atoms with Crippen LogP contribution in [0.15, 0.2) is 5.38 Å². The lowest BCUT2D eigenvalue weighted by Gasteiger charge is -2.42. The fourth-order valence-electron chi connectivity index (χ4n) is 3.52. The predicted octanol–water partition coefficient (Wildman–Crippen LogP) is 2.79. The molecular weight excluding hydrogens is 242 g/mol. The van der Waals surface area contributed by atoms with Gasteiger partial charge in [-0.1, -0.05) is 19.8 Å². The van der Waals surface area contributed by atoms with Crippen LogP contribution in [0.25, 0.3) is 0 Å². The number of likely N-dealkylation sites (N-methyl/N-ethyl adjacent to an activating group) is 1. The smallest absolute Gasteiger partial charge is 0.0897 e. The highest BCUT2D eigenvalue weighted by Gasteiger charge is 2.43. The van der Waals surface area contributed by atoms with E-state index in [0.29, 0.717) is 0 Å². The zero-order valence-corrected chi connectivity index (χ0v) is 12.6. The maximum absolute atomic E-state index is 6.14. The SMILES string of the molecule is CCC1CCCC1(CN)N(C)Cc1csc(C)n1. The lowest BCUT2D eigenvalue weighted by Crippen LogP contribution is -2.54. The van der Waals surface area contributed by atoms with E-state index < -0.39 is 0 Å². The normalized spacial score (nSPS) is 28.2. The maximum atomic E-state index is 6.14. The Hall–Kier alpha value is -0.450. The van der Waals surface area contributed by atoms with Crippen molar-refractivity contribution in [3.63, 3.8) is 0 Å². The monoisotopic (exact) mass is 267 g/mol. The van der Waals surface area contributed by atoms with Gasteiger partial charge in [-0.3, -0.25) is 4.90 Å². The summed E-state index contributed by atoms with van der Waals surface area (Å²) in [6.45, 7) is 6.06. The van der Waals surface area contributed by atoms with E-state index >= 15 is 0 Å². The standard InChI is InChI=1S/C14H25N3S/c1-4-12-6-5-7-14(12,10-15)17(3)8-13-9-18-11(2)16-13/h9,12H,4-8,10,15H2,1-3H3. The van der Waals surface area contributed by atoms with Crippen molar-refractivity contribution in [2.75, 3.05) is 13.6 Å². The molecule has 0 radical (unpaired) electrons. The highest BCUT2D eigenvalue weighted by Crippen LogP contribution is 2.41. The van der Waals surface area contributed by atoms with Crippen molar-refractivity contribution in [3.05, 3.63) is 16.1 Å². The zero-order valence-electron chi connectivity index (χ0n) is 11.8. The molecule has 0 saturated heterocycles. The van der Waals surface area contributed by atoms with Crippen molar-refractivity contribution in [1.29, 1.82) is 0 Å². The summed E-state index contributed by atoms with van der Waals surface area (Å²) < 4.78 is 0. The van der Waals surface area contributed by atoms with Crippen molar-refractivity contribution in [3.8, 4) is 0 Å². The fourth-order valence-corrected chi connectivity index (χ4v) is 4.12. The van der Waals surface area contributed by atoms with Crippen LogP contribution in [0.1, 0.15) is 43.3 Å². The molecule has 0 amide bonds. The summed E-state index contributed by atoms with van der Waals surface area (Å²) in [5.74, 6) is 0.743. The number of hydrogen-bond acceptors (Lipinski definition) is 4. The third-order valence-electron chi connectivity index (χ3n) is 4.59. The van der Waals surface area contributed by atoms with E-state index in [1.165, 1.54) is 31.4 Å². The molecule has 1 saturated carbocycles.